The van der Waals surface area contributed by atoms with Gasteiger partial charge in [-0.3, -0.25) is 4.79 Å². The Hall–Kier alpha value is -0.930. The van der Waals surface area contributed by atoms with E-state index in [-0.39, 0.29) is 18.0 Å². The maximum absolute atomic E-state index is 12.4. The van der Waals surface area contributed by atoms with Crippen LogP contribution in [0, 0.1) is 0 Å². The summed E-state index contributed by atoms with van der Waals surface area (Å²) in [4.78, 5) is 14.2. The number of carbonyl (C=O) groups excluding carboxylic acids is 1. The SMILES string of the molecule is CC(Oc1cc(Cl)cc(Cl)c1)C(=O)N(C(C)C)C(C)C. The van der Waals surface area contributed by atoms with Gasteiger partial charge in [-0.15, -0.1) is 0 Å². The van der Waals surface area contributed by atoms with E-state index in [9.17, 15) is 4.79 Å². The fraction of sp³-hybridized carbons (Fsp3) is 0.533. The molecule has 1 aromatic carbocycles. The van der Waals surface area contributed by atoms with E-state index < -0.39 is 6.10 Å². The molecular formula is C15H21Cl2NO2. The van der Waals surface area contributed by atoms with Crippen molar-refractivity contribution in [2.75, 3.05) is 0 Å². The molecule has 0 saturated carbocycles. The van der Waals surface area contributed by atoms with Crippen molar-refractivity contribution in [1.82, 2.24) is 4.90 Å². The topological polar surface area (TPSA) is 29.5 Å². The lowest BCUT2D eigenvalue weighted by Crippen LogP contribution is -2.48. The minimum atomic E-state index is -0.589. The Kier molecular flexibility index (Phi) is 6.15. The summed E-state index contributed by atoms with van der Waals surface area (Å²) < 4.78 is 5.66. The van der Waals surface area contributed by atoms with Gasteiger partial charge >= 0.3 is 0 Å². The van der Waals surface area contributed by atoms with Crippen molar-refractivity contribution in [3.8, 4) is 5.75 Å². The van der Waals surface area contributed by atoms with Crippen LogP contribution < -0.4 is 4.74 Å². The zero-order valence-electron chi connectivity index (χ0n) is 12.5. The number of hydrogen-bond acceptors (Lipinski definition) is 2. The molecular weight excluding hydrogens is 297 g/mol. The number of nitrogens with zero attached hydrogens (tertiary/aromatic N) is 1. The number of amides is 1. The van der Waals surface area contributed by atoms with Crippen LogP contribution in [-0.4, -0.2) is 29.0 Å². The second-order valence-corrected chi connectivity index (χ2v) is 6.17. The van der Waals surface area contributed by atoms with Crippen LogP contribution in [0.15, 0.2) is 18.2 Å². The van der Waals surface area contributed by atoms with Crippen LogP contribution in [0.1, 0.15) is 34.6 Å². The molecule has 112 valence electrons. The fourth-order valence-corrected chi connectivity index (χ4v) is 2.67. The molecule has 1 unspecified atom stereocenters. The van der Waals surface area contributed by atoms with Crippen molar-refractivity contribution in [3.05, 3.63) is 28.2 Å². The van der Waals surface area contributed by atoms with Crippen LogP contribution in [0.4, 0.5) is 0 Å². The average Bonchev–Trinajstić information content (AvgIpc) is 2.25. The highest BCUT2D eigenvalue weighted by Crippen LogP contribution is 2.25. The number of halogens is 2. The third-order valence-corrected chi connectivity index (χ3v) is 3.30. The van der Waals surface area contributed by atoms with E-state index in [1.807, 2.05) is 27.7 Å². The van der Waals surface area contributed by atoms with Gasteiger partial charge in [0.05, 0.1) is 0 Å². The van der Waals surface area contributed by atoms with Crippen LogP contribution >= 0.6 is 23.2 Å². The fourth-order valence-electron chi connectivity index (χ4n) is 2.17. The first-order valence-corrected chi connectivity index (χ1v) is 7.43. The molecule has 20 heavy (non-hydrogen) atoms. The molecule has 1 amide bonds. The second kappa shape index (κ2) is 7.19. The van der Waals surface area contributed by atoms with Gasteiger partial charge in [0.15, 0.2) is 6.10 Å². The van der Waals surface area contributed by atoms with Crippen molar-refractivity contribution in [2.45, 2.75) is 52.8 Å². The van der Waals surface area contributed by atoms with Crippen molar-refractivity contribution in [2.24, 2.45) is 0 Å². The molecule has 1 rings (SSSR count). The van der Waals surface area contributed by atoms with E-state index in [0.717, 1.165) is 0 Å². The molecule has 5 heteroatoms. The standard InChI is InChI=1S/C15H21Cl2NO2/c1-9(2)18(10(3)4)15(19)11(5)20-14-7-12(16)6-13(17)8-14/h6-11H,1-5H3. The second-order valence-electron chi connectivity index (χ2n) is 5.30. The van der Waals surface area contributed by atoms with Crippen molar-refractivity contribution >= 4 is 29.1 Å². The Morgan fingerprint density at radius 2 is 1.45 bits per heavy atom. The normalized spacial score (nSPS) is 12.7. The predicted molar refractivity (Wildman–Crippen MR) is 83.7 cm³/mol. The van der Waals surface area contributed by atoms with E-state index in [1.165, 1.54) is 0 Å². The first-order valence-electron chi connectivity index (χ1n) is 6.67. The monoisotopic (exact) mass is 317 g/mol. The smallest absolute Gasteiger partial charge is 0.263 e. The van der Waals surface area contributed by atoms with E-state index in [2.05, 4.69) is 0 Å². The van der Waals surface area contributed by atoms with Crippen LogP contribution in [0.3, 0.4) is 0 Å². The third-order valence-electron chi connectivity index (χ3n) is 2.86. The first-order chi connectivity index (χ1) is 9.22. The van der Waals surface area contributed by atoms with Gasteiger partial charge in [-0.1, -0.05) is 23.2 Å². The zero-order valence-corrected chi connectivity index (χ0v) is 14.0. The lowest BCUT2D eigenvalue weighted by Gasteiger charge is -2.33. The van der Waals surface area contributed by atoms with Crippen LogP contribution in [0.25, 0.3) is 0 Å². The lowest BCUT2D eigenvalue weighted by atomic mass is 10.2. The minimum absolute atomic E-state index is 0.0499. The summed E-state index contributed by atoms with van der Waals surface area (Å²) in [6.45, 7) is 9.68. The van der Waals surface area contributed by atoms with Gasteiger partial charge in [0.1, 0.15) is 5.75 Å². The zero-order chi connectivity index (χ0) is 15.4. The van der Waals surface area contributed by atoms with E-state index in [4.69, 9.17) is 27.9 Å². The quantitative estimate of drug-likeness (QED) is 0.805. The van der Waals surface area contributed by atoms with Crippen LogP contribution in [0.2, 0.25) is 10.0 Å². The summed E-state index contributed by atoms with van der Waals surface area (Å²) in [7, 11) is 0. The summed E-state index contributed by atoms with van der Waals surface area (Å²) in [5, 5.41) is 0.966. The van der Waals surface area contributed by atoms with Gasteiger partial charge < -0.3 is 9.64 Å². The predicted octanol–water partition coefficient (Wildman–Crippen LogP) is 4.41. The van der Waals surface area contributed by atoms with Crippen LogP contribution in [0.5, 0.6) is 5.75 Å². The van der Waals surface area contributed by atoms with Gasteiger partial charge in [0, 0.05) is 22.1 Å². The number of carbonyl (C=O) groups is 1. The summed E-state index contributed by atoms with van der Waals surface area (Å²) in [6.07, 6.45) is -0.589. The van der Waals surface area contributed by atoms with Crippen LogP contribution in [-0.2, 0) is 4.79 Å². The molecule has 0 aliphatic heterocycles. The highest BCUT2D eigenvalue weighted by molar-refractivity contribution is 6.34. The molecule has 0 aliphatic rings. The van der Waals surface area contributed by atoms with E-state index in [0.29, 0.717) is 15.8 Å². The molecule has 0 aromatic heterocycles. The summed E-state index contributed by atoms with van der Waals surface area (Å²) >= 11 is 11.8. The van der Waals surface area contributed by atoms with Gasteiger partial charge in [0.25, 0.3) is 5.91 Å². The molecule has 0 saturated heterocycles. The minimum Gasteiger partial charge on any atom is -0.481 e. The molecule has 1 atom stereocenters. The van der Waals surface area contributed by atoms with Crippen molar-refractivity contribution in [3.63, 3.8) is 0 Å². The molecule has 3 nitrogen and oxygen atoms in total. The Bertz CT molecular complexity index is 447. The third kappa shape index (κ3) is 4.57. The molecule has 0 N–H and O–H groups in total. The molecule has 0 fully saturated rings. The highest BCUT2D eigenvalue weighted by Gasteiger charge is 2.26. The Morgan fingerprint density at radius 1 is 1.00 bits per heavy atom. The lowest BCUT2D eigenvalue weighted by molar-refractivity contribution is -0.141. The molecule has 0 radical (unpaired) electrons. The summed E-state index contributed by atoms with van der Waals surface area (Å²) in [6, 6.07) is 5.16. The number of benzene rings is 1. The maximum Gasteiger partial charge on any atom is 0.263 e. The van der Waals surface area contributed by atoms with Gasteiger partial charge in [-0.05, 0) is 52.8 Å². The van der Waals surface area contributed by atoms with E-state index in [1.54, 1.807) is 30.0 Å². The first kappa shape index (κ1) is 17.1. The summed E-state index contributed by atoms with van der Waals surface area (Å²) in [5.41, 5.74) is 0. The number of hydrogen-bond donors (Lipinski definition) is 0. The largest absolute Gasteiger partial charge is 0.481 e. The van der Waals surface area contributed by atoms with Crippen molar-refractivity contribution < 1.29 is 9.53 Å². The molecule has 0 spiro atoms. The van der Waals surface area contributed by atoms with Gasteiger partial charge in [-0.2, -0.15) is 0 Å². The molecule has 0 heterocycles. The number of rotatable bonds is 5. The molecule has 0 bridgehead atoms. The highest BCUT2D eigenvalue weighted by atomic mass is 35.5. The van der Waals surface area contributed by atoms with Gasteiger partial charge in [0.2, 0.25) is 0 Å². The number of ether oxygens (including phenoxy) is 1. The Balaban J connectivity index is 2.84. The maximum atomic E-state index is 12.4. The molecule has 1 aromatic rings. The van der Waals surface area contributed by atoms with Crippen molar-refractivity contribution in [1.29, 1.82) is 0 Å². The Labute approximate surface area is 130 Å². The summed E-state index contributed by atoms with van der Waals surface area (Å²) in [5.74, 6) is 0.446. The average molecular weight is 318 g/mol. The Morgan fingerprint density at radius 3 is 1.85 bits per heavy atom. The van der Waals surface area contributed by atoms with E-state index >= 15 is 0 Å². The molecule has 0 aliphatic carbocycles. The van der Waals surface area contributed by atoms with Gasteiger partial charge in [-0.25, -0.2) is 0 Å².